The van der Waals surface area contributed by atoms with E-state index in [2.05, 4.69) is 59.1 Å². The summed E-state index contributed by atoms with van der Waals surface area (Å²) in [5.74, 6) is 2.29. The summed E-state index contributed by atoms with van der Waals surface area (Å²) in [5.41, 5.74) is 6.66. The largest absolute Gasteiger partial charge is 0.508 e. The van der Waals surface area contributed by atoms with Gasteiger partial charge in [-0.15, -0.1) is 0 Å². The summed E-state index contributed by atoms with van der Waals surface area (Å²) in [6, 6.07) is 15.9. The second-order valence-corrected chi connectivity index (χ2v) is 18.8. The molecule has 0 spiro atoms. The normalized spacial score (nSPS) is 21.5. The number of methoxy groups -OCH3 is 1. The predicted molar refractivity (Wildman–Crippen MR) is 246 cm³/mol. The third-order valence-corrected chi connectivity index (χ3v) is 13.3. The zero-order valence-corrected chi connectivity index (χ0v) is 37.9. The highest BCUT2D eigenvalue weighted by atomic mass is 16.6. The summed E-state index contributed by atoms with van der Waals surface area (Å²) >= 11 is 0. The third-order valence-electron chi connectivity index (χ3n) is 13.3. The zero-order chi connectivity index (χ0) is 45.2. The first-order chi connectivity index (χ1) is 30.9. The molecule has 64 heavy (non-hydrogen) atoms. The molecule has 0 bridgehead atoms. The summed E-state index contributed by atoms with van der Waals surface area (Å²) in [5, 5.41) is 66.1. The van der Waals surface area contributed by atoms with Gasteiger partial charge >= 0.3 is 0 Å². The van der Waals surface area contributed by atoms with E-state index < -0.39 is 23.4 Å². The van der Waals surface area contributed by atoms with Crippen molar-refractivity contribution in [3.8, 4) is 39.9 Å². The SMILES string of the molecule is CNCOC1(CNCNCC(C)(O)CC(C)C)Cc2c3c(c4c(c2OC1c1cc(CCCO)c(O)c(OC)c1)CCC(CO)O4)-c1ccc(O)cc1C(Cc1ccc2c(c1)=CCN=2)C3. The van der Waals surface area contributed by atoms with Crippen LogP contribution in [0.1, 0.15) is 91.0 Å². The molecule has 3 aliphatic heterocycles. The summed E-state index contributed by atoms with van der Waals surface area (Å²) in [4.78, 5) is 4.61. The molecule has 0 fully saturated rings. The molecule has 1 aliphatic carbocycles. The summed E-state index contributed by atoms with van der Waals surface area (Å²) in [7, 11) is 3.37. The van der Waals surface area contributed by atoms with Crippen molar-refractivity contribution < 1.29 is 44.5 Å². The topological polar surface area (TPSA) is 187 Å². The molecule has 5 unspecified atom stereocenters. The number of aliphatic hydroxyl groups is 3. The van der Waals surface area contributed by atoms with E-state index in [1.165, 1.54) is 12.7 Å². The Kier molecular flexibility index (Phi) is 13.9. The maximum Gasteiger partial charge on any atom is 0.161 e. The molecular weight excluding hydrogens is 813 g/mol. The van der Waals surface area contributed by atoms with Gasteiger partial charge in [-0.3, -0.25) is 10.3 Å². The number of phenols is 2. The van der Waals surface area contributed by atoms with Gasteiger partial charge < -0.3 is 55.1 Å². The fourth-order valence-electron chi connectivity index (χ4n) is 10.6. The van der Waals surface area contributed by atoms with Gasteiger partial charge in [-0.25, -0.2) is 0 Å². The molecule has 0 saturated heterocycles. The van der Waals surface area contributed by atoms with Crippen LogP contribution >= 0.6 is 0 Å². The van der Waals surface area contributed by atoms with Gasteiger partial charge in [0.25, 0.3) is 0 Å². The van der Waals surface area contributed by atoms with Gasteiger partial charge in [0.2, 0.25) is 0 Å². The lowest BCUT2D eigenvalue weighted by Crippen LogP contribution is -2.56. The van der Waals surface area contributed by atoms with Crippen LogP contribution in [0.4, 0.5) is 0 Å². The highest BCUT2D eigenvalue weighted by Gasteiger charge is 2.50. The predicted octanol–water partition coefficient (Wildman–Crippen LogP) is 4.22. The zero-order valence-electron chi connectivity index (χ0n) is 37.9. The number of hydrogen-bond donors (Lipinski definition) is 8. The van der Waals surface area contributed by atoms with Crippen molar-refractivity contribution in [3.63, 3.8) is 0 Å². The second-order valence-electron chi connectivity index (χ2n) is 18.8. The Hall–Kier alpha value is -4.73. The minimum absolute atomic E-state index is 0.00730. The minimum atomic E-state index is -1.04. The number of phenolic OH excluding ortho intramolecular Hbond substituents is 2. The van der Waals surface area contributed by atoms with E-state index in [1.54, 1.807) is 6.07 Å². The van der Waals surface area contributed by atoms with Crippen molar-refractivity contribution in [2.24, 2.45) is 10.9 Å². The molecule has 5 atom stereocenters. The molecule has 13 heteroatoms. The lowest BCUT2D eigenvalue weighted by molar-refractivity contribution is -0.129. The minimum Gasteiger partial charge on any atom is -0.508 e. The van der Waals surface area contributed by atoms with Crippen LogP contribution in [-0.4, -0.2) is 103 Å². The molecule has 8 N–H and O–H groups in total. The van der Waals surface area contributed by atoms with Crippen LogP contribution < -0.4 is 40.7 Å². The highest BCUT2D eigenvalue weighted by Crippen LogP contribution is 2.58. The quantitative estimate of drug-likeness (QED) is 0.0497. The number of hydrogen-bond acceptors (Lipinski definition) is 13. The Morgan fingerprint density at radius 2 is 1.84 bits per heavy atom. The molecule has 0 radical (unpaired) electrons. The molecule has 4 aliphatic rings. The molecule has 3 heterocycles. The van der Waals surface area contributed by atoms with E-state index in [1.807, 2.05) is 38.2 Å². The van der Waals surface area contributed by atoms with Gasteiger partial charge in [-0.1, -0.05) is 32.1 Å². The van der Waals surface area contributed by atoms with Crippen molar-refractivity contribution in [1.29, 1.82) is 0 Å². The number of ether oxygens (including phenoxy) is 4. The van der Waals surface area contributed by atoms with Crippen molar-refractivity contribution in [3.05, 3.63) is 98.1 Å². The summed E-state index contributed by atoms with van der Waals surface area (Å²) < 4.78 is 27.1. The Morgan fingerprint density at radius 1 is 1.00 bits per heavy atom. The maximum atomic E-state index is 11.3. The second kappa shape index (κ2) is 19.4. The van der Waals surface area contributed by atoms with Gasteiger partial charge in [-0.05, 0) is 146 Å². The number of nitrogens with zero attached hydrogens (tertiary/aromatic N) is 1. The Morgan fingerprint density at radius 3 is 2.61 bits per heavy atom. The molecule has 0 saturated carbocycles. The smallest absolute Gasteiger partial charge is 0.161 e. The fourth-order valence-corrected chi connectivity index (χ4v) is 10.6. The van der Waals surface area contributed by atoms with Crippen molar-refractivity contribution >= 4 is 6.08 Å². The molecule has 344 valence electrons. The lowest BCUT2D eigenvalue weighted by atomic mass is 9.70. The van der Waals surface area contributed by atoms with E-state index in [4.69, 9.17) is 18.9 Å². The average Bonchev–Trinajstić information content (AvgIpc) is 3.75. The third kappa shape index (κ3) is 9.35. The van der Waals surface area contributed by atoms with Crippen LogP contribution in [0.2, 0.25) is 0 Å². The monoisotopic (exact) mass is 878 g/mol. The molecule has 4 aromatic carbocycles. The maximum absolute atomic E-state index is 11.3. The first kappa shape index (κ1) is 45.8. The standard InChI is InChI=1S/C51H66N4O9/c1-30(2)23-50(3,60)26-53-28-54-27-51(62-29-52-4)24-42-41-20-34(18-31-8-13-43-32(17-31)14-15-55-43)40-22-36(58)9-11-38(40)45(41)48-39(12-10-37(25-57)63-48)47(42)64-49(51)35-19-33(7-6-16-56)46(59)44(21-35)61-5/h8-9,11,13-14,17,19,21-22,30,34,37,49,52-54,56-60H,6-7,10,12,15-16,18,20,23-29H2,1-5H3. The molecule has 8 rings (SSSR count). The number of aryl methyl sites for hydroxylation is 1. The summed E-state index contributed by atoms with van der Waals surface area (Å²) in [6.07, 6.45) is 5.58. The highest BCUT2D eigenvalue weighted by molar-refractivity contribution is 5.85. The Labute approximate surface area is 376 Å². The van der Waals surface area contributed by atoms with Gasteiger partial charge in [0, 0.05) is 49.5 Å². The first-order valence-corrected chi connectivity index (χ1v) is 22.9. The van der Waals surface area contributed by atoms with E-state index in [-0.39, 0.29) is 37.4 Å². The molecule has 13 nitrogen and oxygen atoms in total. The van der Waals surface area contributed by atoms with E-state index in [0.29, 0.717) is 94.2 Å². The fraction of sp³-hybridized carbons (Fsp3) is 0.510. The van der Waals surface area contributed by atoms with Crippen LogP contribution in [0.3, 0.4) is 0 Å². The van der Waals surface area contributed by atoms with E-state index in [9.17, 15) is 25.5 Å². The summed E-state index contributed by atoms with van der Waals surface area (Å²) in [6.45, 7) is 7.92. The van der Waals surface area contributed by atoms with Gasteiger partial charge in [0.15, 0.2) is 17.6 Å². The van der Waals surface area contributed by atoms with Crippen LogP contribution in [0.5, 0.6) is 28.7 Å². The molecular formula is C51H66N4O9. The number of fused-ring (bicyclic) bond motifs is 9. The first-order valence-electron chi connectivity index (χ1n) is 22.9. The van der Waals surface area contributed by atoms with Gasteiger partial charge in [0.05, 0.1) is 38.0 Å². The van der Waals surface area contributed by atoms with Crippen LogP contribution in [0.25, 0.3) is 17.2 Å². The van der Waals surface area contributed by atoms with E-state index >= 15 is 0 Å². The number of aromatic hydroxyl groups is 2. The Bertz CT molecular complexity index is 2460. The lowest BCUT2D eigenvalue weighted by Gasteiger charge is -2.47. The van der Waals surface area contributed by atoms with Gasteiger partial charge in [-0.2, -0.15) is 0 Å². The molecule has 0 aromatic heterocycles. The number of rotatable bonds is 19. The number of aliphatic hydroxyl groups excluding tert-OH is 2. The Balaban J connectivity index is 1.29. The van der Waals surface area contributed by atoms with Crippen LogP contribution in [-0.2, 0) is 36.8 Å². The molecule has 0 amide bonds. The van der Waals surface area contributed by atoms with E-state index in [0.717, 1.165) is 61.7 Å². The van der Waals surface area contributed by atoms with Crippen LogP contribution in [0.15, 0.2) is 53.5 Å². The van der Waals surface area contributed by atoms with Gasteiger partial charge in [0.1, 0.15) is 29.0 Å². The van der Waals surface area contributed by atoms with Crippen molar-refractivity contribution in [2.75, 3.05) is 60.4 Å². The van der Waals surface area contributed by atoms with Crippen molar-refractivity contribution in [1.82, 2.24) is 16.0 Å². The number of nitrogens with one attached hydrogen (secondary N) is 3. The average molecular weight is 879 g/mol. The number of benzene rings is 4. The molecule has 4 aromatic rings. The van der Waals surface area contributed by atoms with Crippen molar-refractivity contribution in [2.45, 2.75) is 101 Å². The van der Waals surface area contributed by atoms with Crippen LogP contribution in [0, 0.1) is 5.92 Å².